The molecule has 2 aliphatic carbocycles. The molecular weight excluding hydrogens is 146 g/mol. The fourth-order valence-electron chi connectivity index (χ4n) is 2.22. The van der Waals surface area contributed by atoms with Crippen molar-refractivity contribution >= 4 is 0 Å². The van der Waals surface area contributed by atoms with Gasteiger partial charge in [-0.1, -0.05) is 13.8 Å². The molecule has 0 aliphatic heterocycles. The lowest BCUT2D eigenvalue weighted by molar-refractivity contribution is 0.202. The summed E-state index contributed by atoms with van der Waals surface area (Å²) in [5, 5.41) is 3.75. The first-order chi connectivity index (χ1) is 5.60. The van der Waals surface area contributed by atoms with Crippen molar-refractivity contribution in [1.82, 2.24) is 5.32 Å². The van der Waals surface area contributed by atoms with E-state index in [0.29, 0.717) is 5.41 Å². The smallest absolute Gasteiger partial charge is 0.00951 e. The molecule has 1 atom stereocenters. The Bertz CT molecular complexity index is 166. The van der Waals surface area contributed by atoms with Crippen molar-refractivity contribution in [2.24, 2.45) is 11.3 Å². The summed E-state index contributed by atoms with van der Waals surface area (Å²) in [4.78, 5) is 0. The van der Waals surface area contributed by atoms with E-state index in [1.165, 1.54) is 25.7 Å². The zero-order valence-corrected chi connectivity index (χ0v) is 8.56. The first-order valence-electron chi connectivity index (χ1n) is 5.36. The van der Waals surface area contributed by atoms with Gasteiger partial charge in [0.05, 0.1) is 0 Å². The molecule has 2 fully saturated rings. The molecule has 2 rings (SSSR count). The molecule has 1 nitrogen and oxygen atoms in total. The normalized spacial score (nSPS) is 40.2. The molecule has 0 heterocycles. The molecule has 0 aromatic carbocycles. The van der Waals surface area contributed by atoms with Crippen LogP contribution in [0.1, 0.15) is 46.5 Å². The predicted octanol–water partition coefficient (Wildman–Crippen LogP) is 2.56. The van der Waals surface area contributed by atoms with Gasteiger partial charge >= 0.3 is 0 Å². The van der Waals surface area contributed by atoms with Crippen LogP contribution in [0, 0.1) is 11.3 Å². The fraction of sp³-hybridized carbons (Fsp3) is 1.00. The SMILES string of the molecule is CC1CC(NC(C)C2(C)CC2)C1. The van der Waals surface area contributed by atoms with Gasteiger partial charge in [0.1, 0.15) is 0 Å². The summed E-state index contributed by atoms with van der Waals surface area (Å²) in [6.07, 6.45) is 5.67. The molecule has 0 bridgehead atoms. The molecule has 1 heteroatoms. The second-order valence-corrected chi connectivity index (χ2v) is 5.32. The predicted molar refractivity (Wildman–Crippen MR) is 52.1 cm³/mol. The molecule has 0 amide bonds. The maximum absolute atomic E-state index is 3.75. The van der Waals surface area contributed by atoms with Gasteiger partial charge in [0.15, 0.2) is 0 Å². The van der Waals surface area contributed by atoms with Gasteiger partial charge in [0.2, 0.25) is 0 Å². The highest BCUT2D eigenvalue weighted by Crippen LogP contribution is 2.48. The molecule has 70 valence electrons. The maximum atomic E-state index is 3.75. The van der Waals surface area contributed by atoms with Crippen LogP contribution in [0.3, 0.4) is 0 Å². The van der Waals surface area contributed by atoms with Crippen LogP contribution in [-0.4, -0.2) is 12.1 Å². The molecule has 0 saturated heterocycles. The Kier molecular flexibility index (Phi) is 1.95. The molecule has 2 saturated carbocycles. The lowest BCUT2D eigenvalue weighted by Crippen LogP contribution is -2.47. The van der Waals surface area contributed by atoms with E-state index in [1.54, 1.807) is 0 Å². The number of hydrogen-bond acceptors (Lipinski definition) is 1. The topological polar surface area (TPSA) is 12.0 Å². The zero-order chi connectivity index (χ0) is 8.77. The van der Waals surface area contributed by atoms with Crippen LogP contribution in [-0.2, 0) is 0 Å². The van der Waals surface area contributed by atoms with Crippen LogP contribution < -0.4 is 5.32 Å². The van der Waals surface area contributed by atoms with E-state index in [0.717, 1.165) is 18.0 Å². The first-order valence-corrected chi connectivity index (χ1v) is 5.36. The summed E-state index contributed by atoms with van der Waals surface area (Å²) >= 11 is 0. The van der Waals surface area contributed by atoms with Crippen molar-refractivity contribution in [3.8, 4) is 0 Å². The van der Waals surface area contributed by atoms with E-state index >= 15 is 0 Å². The lowest BCUT2D eigenvalue weighted by atomic mass is 9.81. The second-order valence-electron chi connectivity index (χ2n) is 5.32. The molecule has 0 spiro atoms. The van der Waals surface area contributed by atoms with Crippen molar-refractivity contribution in [1.29, 1.82) is 0 Å². The average molecular weight is 167 g/mol. The number of rotatable bonds is 3. The van der Waals surface area contributed by atoms with Crippen LogP contribution in [0.5, 0.6) is 0 Å². The van der Waals surface area contributed by atoms with E-state index in [-0.39, 0.29) is 0 Å². The van der Waals surface area contributed by atoms with Gasteiger partial charge in [0.25, 0.3) is 0 Å². The van der Waals surface area contributed by atoms with E-state index in [4.69, 9.17) is 0 Å². The summed E-state index contributed by atoms with van der Waals surface area (Å²) in [6.45, 7) is 7.12. The highest BCUT2D eigenvalue weighted by molar-refractivity contribution is 4.98. The molecule has 1 unspecified atom stereocenters. The van der Waals surface area contributed by atoms with Gasteiger partial charge in [-0.3, -0.25) is 0 Å². The van der Waals surface area contributed by atoms with E-state index in [2.05, 4.69) is 26.1 Å². The molecule has 0 radical (unpaired) electrons. The van der Waals surface area contributed by atoms with Gasteiger partial charge in [0, 0.05) is 12.1 Å². The van der Waals surface area contributed by atoms with Crippen LogP contribution in [0.15, 0.2) is 0 Å². The Morgan fingerprint density at radius 2 is 1.92 bits per heavy atom. The Morgan fingerprint density at radius 3 is 2.33 bits per heavy atom. The number of hydrogen-bond donors (Lipinski definition) is 1. The van der Waals surface area contributed by atoms with Crippen LogP contribution in [0.25, 0.3) is 0 Å². The van der Waals surface area contributed by atoms with Crippen molar-refractivity contribution in [2.75, 3.05) is 0 Å². The van der Waals surface area contributed by atoms with Crippen molar-refractivity contribution in [2.45, 2.75) is 58.5 Å². The molecular formula is C11H21N. The lowest BCUT2D eigenvalue weighted by Gasteiger charge is -2.37. The Balaban J connectivity index is 1.73. The fourth-order valence-corrected chi connectivity index (χ4v) is 2.22. The third-order valence-electron chi connectivity index (χ3n) is 3.94. The molecule has 0 aromatic heterocycles. The Morgan fingerprint density at radius 1 is 1.33 bits per heavy atom. The third-order valence-corrected chi connectivity index (χ3v) is 3.94. The van der Waals surface area contributed by atoms with Crippen LogP contribution in [0.2, 0.25) is 0 Å². The summed E-state index contributed by atoms with van der Waals surface area (Å²) in [5.41, 5.74) is 0.652. The highest BCUT2D eigenvalue weighted by atomic mass is 15.0. The molecule has 0 aromatic rings. The van der Waals surface area contributed by atoms with Gasteiger partial charge in [-0.2, -0.15) is 0 Å². The molecule has 1 N–H and O–H groups in total. The third kappa shape index (κ3) is 1.52. The largest absolute Gasteiger partial charge is 0.311 e. The van der Waals surface area contributed by atoms with Gasteiger partial charge < -0.3 is 5.32 Å². The summed E-state index contributed by atoms with van der Waals surface area (Å²) in [7, 11) is 0. The quantitative estimate of drug-likeness (QED) is 0.681. The number of nitrogens with one attached hydrogen (secondary N) is 1. The van der Waals surface area contributed by atoms with Gasteiger partial charge in [-0.25, -0.2) is 0 Å². The zero-order valence-electron chi connectivity index (χ0n) is 8.56. The summed E-state index contributed by atoms with van der Waals surface area (Å²) < 4.78 is 0. The Hall–Kier alpha value is -0.0400. The minimum Gasteiger partial charge on any atom is -0.311 e. The van der Waals surface area contributed by atoms with E-state index in [9.17, 15) is 0 Å². The van der Waals surface area contributed by atoms with Crippen molar-refractivity contribution < 1.29 is 0 Å². The summed E-state index contributed by atoms with van der Waals surface area (Å²) in [6, 6.07) is 1.59. The minimum absolute atomic E-state index is 0.652. The van der Waals surface area contributed by atoms with Crippen LogP contribution >= 0.6 is 0 Å². The Labute approximate surface area is 75.9 Å². The molecule has 2 aliphatic rings. The second kappa shape index (κ2) is 2.73. The molecule has 12 heavy (non-hydrogen) atoms. The highest BCUT2D eigenvalue weighted by Gasteiger charge is 2.43. The summed E-state index contributed by atoms with van der Waals surface area (Å²) in [5.74, 6) is 0.974. The van der Waals surface area contributed by atoms with Crippen molar-refractivity contribution in [3.63, 3.8) is 0 Å². The van der Waals surface area contributed by atoms with Gasteiger partial charge in [-0.15, -0.1) is 0 Å². The maximum Gasteiger partial charge on any atom is 0.00951 e. The van der Waals surface area contributed by atoms with Gasteiger partial charge in [-0.05, 0) is 43.9 Å². The monoisotopic (exact) mass is 167 g/mol. The van der Waals surface area contributed by atoms with E-state index < -0.39 is 0 Å². The first kappa shape index (κ1) is 8.55. The van der Waals surface area contributed by atoms with E-state index in [1.807, 2.05) is 0 Å². The van der Waals surface area contributed by atoms with Crippen molar-refractivity contribution in [3.05, 3.63) is 0 Å². The van der Waals surface area contributed by atoms with Crippen LogP contribution in [0.4, 0.5) is 0 Å². The minimum atomic E-state index is 0.652. The standard InChI is InChI=1S/C11H21N/c1-8-6-10(7-8)12-9(2)11(3)4-5-11/h8-10,12H,4-7H2,1-3H3. The average Bonchev–Trinajstić information content (AvgIpc) is 2.66.